The predicted molar refractivity (Wildman–Crippen MR) is 79.1 cm³/mol. The minimum Gasteiger partial charge on any atom is -0.369 e. The number of hydrogen-bond donors (Lipinski definition) is 1. The van der Waals surface area contributed by atoms with E-state index in [1.54, 1.807) is 6.33 Å². The van der Waals surface area contributed by atoms with Crippen molar-refractivity contribution in [2.24, 2.45) is 5.92 Å². The first kappa shape index (κ1) is 13.6. The summed E-state index contributed by atoms with van der Waals surface area (Å²) in [6.45, 7) is 8.58. The molecule has 1 aromatic rings. The summed E-state index contributed by atoms with van der Waals surface area (Å²) >= 11 is 3.64. The first-order chi connectivity index (χ1) is 8.63. The molecular weight excluding hydrogens is 292 g/mol. The van der Waals surface area contributed by atoms with E-state index in [1.807, 2.05) is 0 Å². The lowest BCUT2D eigenvalue weighted by Crippen LogP contribution is -2.41. The molecule has 4 nitrogen and oxygen atoms in total. The molecule has 2 rings (SSSR count). The number of aromatic nitrogens is 2. The molecule has 1 saturated heterocycles. The van der Waals surface area contributed by atoms with Gasteiger partial charge in [-0.15, -0.1) is 0 Å². The SMILES string of the molecule is CCNc1ncnc(N2CC(C)CCC2C)c1Br. The van der Waals surface area contributed by atoms with Gasteiger partial charge in [0.15, 0.2) is 0 Å². The van der Waals surface area contributed by atoms with Crippen LogP contribution in [-0.4, -0.2) is 29.1 Å². The molecule has 1 fully saturated rings. The van der Waals surface area contributed by atoms with E-state index in [4.69, 9.17) is 0 Å². The molecule has 100 valence electrons. The van der Waals surface area contributed by atoms with Crippen LogP contribution in [0.5, 0.6) is 0 Å². The summed E-state index contributed by atoms with van der Waals surface area (Å²) in [6, 6.07) is 0.543. The molecule has 5 heteroatoms. The molecule has 2 heterocycles. The van der Waals surface area contributed by atoms with Crippen LogP contribution in [0.25, 0.3) is 0 Å². The Hall–Kier alpha value is -0.840. The lowest BCUT2D eigenvalue weighted by atomic mass is 9.95. The lowest BCUT2D eigenvalue weighted by Gasteiger charge is -2.38. The van der Waals surface area contributed by atoms with E-state index in [0.29, 0.717) is 6.04 Å². The van der Waals surface area contributed by atoms with Crippen molar-refractivity contribution in [2.45, 2.75) is 39.7 Å². The number of nitrogens with zero attached hydrogens (tertiary/aromatic N) is 3. The van der Waals surface area contributed by atoms with E-state index in [2.05, 4.69) is 56.9 Å². The standard InChI is InChI=1S/C13H21BrN4/c1-4-15-12-11(14)13(17-8-16-12)18-7-9(2)5-6-10(18)3/h8-10H,4-7H2,1-3H3,(H,15,16,17). The number of anilines is 2. The van der Waals surface area contributed by atoms with Gasteiger partial charge < -0.3 is 10.2 Å². The average Bonchev–Trinajstić information content (AvgIpc) is 2.35. The fourth-order valence-electron chi connectivity index (χ4n) is 2.44. The van der Waals surface area contributed by atoms with Gasteiger partial charge in [-0.25, -0.2) is 9.97 Å². The van der Waals surface area contributed by atoms with Crippen LogP contribution >= 0.6 is 15.9 Å². The molecule has 0 amide bonds. The minimum atomic E-state index is 0.543. The maximum Gasteiger partial charge on any atom is 0.148 e. The highest BCUT2D eigenvalue weighted by Crippen LogP contribution is 2.34. The van der Waals surface area contributed by atoms with E-state index in [1.165, 1.54) is 12.8 Å². The first-order valence-electron chi connectivity index (χ1n) is 6.64. The van der Waals surface area contributed by atoms with Crippen molar-refractivity contribution in [2.75, 3.05) is 23.3 Å². The largest absolute Gasteiger partial charge is 0.369 e. The van der Waals surface area contributed by atoms with Crippen molar-refractivity contribution in [3.8, 4) is 0 Å². The van der Waals surface area contributed by atoms with Crippen molar-refractivity contribution in [1.82, 2.24) is 9.97 Å². The van der Waals surface area contributed by atoms with Crippen molar-refractivity contribution in [1.29, 1.82) is 0 Å². The van der Waals surface area contributed by atoms with E-state index >= 15 is 0 Å². The first-order valence-corrected chi connectivity index (χ1v) is 7.43. The maximum absolute atomic E-state index is 4.46. The molecule has 0 saturated carbocycles. The summed E-state index contributed by atoms with van der Waals surface area (Å²) < 4.78 is 0.979. The Balaban J connectivity index is 2.28. The van der Waals surface area contributed by atoms with Crippen LogP contribution in [-0.2, 0) is 0 Å². The van der Waals surface area contributed by atoms with Gasteiger partial charge in [0.1, 0.15) is 22.4 Å². The van der Waals surface area contributed by atoms with Gasteiger partial charge in [-0.05, 0) is 48.5 Å². The number of halogens is 1. The number of rotatable bonds is 3. The Bertz CT molecular complexity index is 410. The molecule has 2 unspecified atom stereocenters. The second kappa shape index (κ2) is 5.87. The third kappa shape index (κ3) is 2.76. The summed E-state index contributed by atoms with van der Waals surface area (Å²) in [4.78, 5) is 11.1. The summed E-state index contributed by atoms with van der Waals surface area (Å²) in [5.41, 5.74) is 0. The van der Waals surface area contributed by atoms with Crippen LogP contribution in [0.2, 0.25) is 0 Å². The third-order valence-corrected chi connectivity index (χ3v) is 4.24. The summed E-state index contributed by atoms with van der Waals surface area (Å²) in [7, 11) is 0. The monoisotopic (exact) mass is 312 g/mol. The van der Waals surface area contributed by atoms with Gasteiger partial charge in [0.2, 0.25) is 0 Å². The molecule has 1 aliphatic rings. The molecule has 0 aromatic carbocycles. The molecule has 1 aromatic heterocycles. The molecule has 0 radical (unpaired) electrons. The van der Waals surface area contributed by atoms with Gasteiger partial charge in [0.25, 0.3) is 0 Å². The van der Waals surface area contributed by atoms with Crippen molar-refractivity contribution < 1.29 is 0 Å². The van der Waals surface area contributed by atoms with Crippen molar-refractivity contribution >= 4 is 27.6 Å². The smallest absolute Gasteiger partial charge is 0.148 e. The van der Waals surface area contributed by atoms with Crippen LogP contribution in [0.15, 0.2) is 10.8 Å². The molecule has 1 aliphatic heterocycles. The quantitative estimate of drug-likeness (QED) is 0.929. The van der Waals surface area contributed by atoms with Crippen molar-refractivity contribution in [3.63, 3.8) is 0 Å². The van der Waals surface area contributed by atoms with E-state index < -0.39 is 0 Å². The van der Waals surface area contributed by atoms with E-state index in [0.717, 1.165) is 35.1 Å². The molecule has 0 aliphatic carbocycles. The number of nitrogens with one attached hydrogen (secondary N) is 1. The highest BCUT2D eigenvalue weighted by atomic mass is 79.9. The Morgan fingerprint density at radius 3 is 2.89 bits per heavy atom. The van der Waals surface area contributed by atoms with Crippen LogP contribution in [0.3, 0.4) is 0 Å². The molecule has 0 spiro atoms. The Labute approximate surface area is 117 Å². The van der Waals surface area contributed by atoms with Gasteiger partial charge in [-0.3, -0.25) is 0 Å². The number of hydrogen-bond acceptors (Lipinski definition) is 4. The zero-order valence-electron chi connectivity index (χ0n) is 11.3. The highest BCUT2D eigenvalue weighted by molar-refractivity contribution is 9.10. The fraction of sp³-hybridized carbons (Fsp3) is 0.692. The Morgan fingerprint density at radius 2 is 2.17 bits per heavy atom. The molecular formula is C13H21BrN4. The van der Waals surface area contributed by atoms with Crippen LogP contribution < -0.4 is 10.2 Å². The lowest BCUT2D eigenvalue weighted by molar-refractivity contribution is 0.387. The molecule has 2 atom stereocenters. The van der Waals surface area contributed by atoms with Crippen LogP contribution in [0, 0.1) is 5.92 Å². The third-order valence-electron chi connectivity index (χ3n) is 3.51. The Morgan fingerprint density at radius 1 is 1.39 bits per heavy atom. The van der Waals surface area contributed by atoms with Crippen LogP contribution in [0.4, 0.5) is 11.6 Å². The van der Waals surface area contributed by atoms with Gasteiger partial charge >= 0.3 is 0 Å². The van der Waals surface area contributed by atoms with Gasteiger partial charge in [0.05, 0.1) is 0 Å². The predicted octanol–water partition coefficient (Wildman–Crippen LogP) is 3.30. The summed E-state index contributed by atoms with van der Waals surface area (Å²) in [5.74, 6) is 2.62. The number of piperidine rings is 1. The second-order valence-electron chi connectivity index (χ2n) is 5.07. The zero-order valence-corrected chi connectivity index (χ0v) is 12.9. The fourth-order valence-corrected chi connectivity index (χ4v) is 3.01. The topological polar surface area (TPSA) is 41.1 Å². The van der Waals surface area contributed by atoms with E-state index in [9.17, 15) is 0 Å². The van der Waals surface area contributed by atoms with Gasteiger partial charge in [0, 0.05) is 19.1 Å². The normalized spacial score (nSPS) is 24.1. The minimum absolute atomic E-state index is 0.543. The molecule has 1 N–H and O–H groups in total. The molecule has 18 heavy (non-hydrogen) atoms. The zero-order chi connectivity index (χ0) is 13.1. The highest BCUT2D eigenvalue weighted by Gasteiger charge is 2.26. The van der Waals surface area contributed by atoms with Crippen molar-refractivity contribution in [3.05, 3.63) is 10.8 Å². The van der Waals surface area contributed by atoms with Crippen LogP contribution in [0.1, 0.15) is 33.6 Å². The van der Waals surface area contributed by atoms with Gasteiger partial charge in [-0.1, -0.05) is 6.92 Å². The Kier molecular flexibility index (Phi) is 4.43. The van der Waals surface area contributed by atoms with Gasteiger partial charge in [-0.2, -0.15) is 0 Å². The molecule has 0 bridgehead atoms. The average molecular weight is 313 g/mol. The summed E-state index contributed by atoms with van der Waals surface area (Å²) in [6.07, 6.45) is 4.18. The van der Waals surface area contributed by atoms with E-state index in [-0.39, 0.29) is 0 Å². The summed E-state index contributed by atoms with van der Waals surface area (Å²) in [5, 5.41) is 3.26. The maximum atomic E-state index is 4.46. The second-order valence-corrected chi connectivity index (χ2v) is 5.87.